The molecule has 0 radical (unpaired) electrons. The summed E-state index contributed by atoms with van der Waals surface area (Å²) in [6.45, 7) is 2.80. The lowest BCUT2D eigenvalue weighted by Crippen LogP contribution is -2.17. The van der Waals surface area contributed by atoms with E-state index in [1.807, 2.05) is 0 Å². The maximum atomic E-state index is 5.88. The molecule has 1 aromatic rings. The van der Waals surface area contributed by atoms with E-state index in [9.17, 15) is 0 Å². The van der Waals surface area contributed by atoms with Gasteiger partial charge < -0.3 is 10.5 Å². The Morgan fingerprint density at radius 3 is 2.53 bits per heavy atom. The first-order valence-electron chi connectivity index (χ1n) is 5.55. The van der Waals surface area contributed by atoms with E-state index in [0.29, 0.717) is 24.5 Å². The Balaban J connectivity index is 2.00. The molecule has 1 aromatic carbocycles. The van der Waals surface area contributed by atoms with Gasteiger partial charge in [-0.3, -0.25) is 0 Å². The molecule has 0 amide bonds. The first-order valence-corrected chi connectivity index (χ1v) is 5.55. The first kappa shape index (κ1) is 10.7. The molecule has 1 saturated carbocycles. The van der Waals surface area contributed by atoms with E-state index in [4.69, 9.17) is 10.5 Å². The summed E-state index contributed by atoms with van der Waals surface area (Å²) in [6, 6.07) is 9.04. The lowest BCUT2D eigenvalue weighted by atomic mass is 10.0. The lowest BCUT2D eigenvalue weighted by Gasteiger charge is -2.05. The van der Waals surface area contributed by atoms with Crippen molar-refractivity contribution in [3.05, 3.63) is 35.4 Å². The molecule has 2 rings (SSSR count). The standard InChI is InChI=1S/C13H19NO/c1-9(14)12-7-13(12)11-5-3-10(4-6-11)8-15-2/h3-6,9,12-13H,7-8,14H2,1-2H3. The molecule has 1 fully saturated rings. The van der Waals surface area contributed by atoms with Crippen LogP contribution in [0.2, 0.25) is 0 Å². The number of nitrogens with two attached hydrogens (primary N) is 1. The van der Waals surface area contributed by atoms with Gasteiger partial charge in [-0.15, -0.1) is 0 Å². The third-order valence-electron chi connectivity index (χ3n) is 3.23. The molecule has 0 aliphatic heterocycles. The zero-order valence-corrected chi connectivity index (χ0v) is 9.44. The Morgan fingerprint density at radius 1 is 1.40 bits per heavy atom. The van der Waals surface area contributed by atoms with Crippen LogP contribution in [0, 0.1) is 5.92 Å². The minimum atomic E-state index is 0.327. The van der Waals surface area contributed by atoms with Crippen LogP contribution in [0.25, 0.3) is 0 Å². The number of ether oxygens (including phenoxy) is 1. The van der Waals surface area contributed by atoms with Crippen molar-refractivity contribution in [1.82, 2.24) is 0 Å². The van der Waals surface area contributed by atoms with Crippen molar-refractivity contribution in [2.75, 3.05) is 7.11 Å². The number of rotatable bonds is 4. The smallest absolute Gasteiger partial charge is 0.0713 e. The summed E-state index contributed by atoms with van der Waals surface area (Å²) in [6.07, 6.45) is 1.25. The SMILES string of the molecule is COCc1ccc(C2CC2C(C)N)cc1. The van der Waals surface area contributed by atoms with Gasteiger partial charge in [0.25, 0.3) is 0 Å². The molecule has 15 heavy (non-hydrogen) atoms. The molecule has 82 valence electrons. The third-order valence-corrected chi connectivity index (χ3v) is 3.23. The summed E-state index contributed by atoms with van der Waals surface area (Å²) in [7, 11) is 1.72. The third kappa shape index (κ3) is 2.39. The fraction of sp³-hybridized carbons (Fsp3) is 0.538. The molecule has 1 aliphatic carbocycles. The van der Waals surface area contributed by atoms with E-state index in [1.165, 1.54) is 17.5 Å². The van der Waals surface area contributed by atoms with Gasteiger partial charge in [-0.2, -0.15) is 0 Å². The van der Waals surface area contributed by atoms with Gasteiger partial charge in [-0.05, 0) is 36.3 Å². The highest BCUT2D eigenvalue weighted by Gasteiger charge is 2.40. The van der Waals surface area contributed by atoms with Crippen LogP contribution < -0.4 is 5.73 Å². The Bertz CT molecular complexity index is 318. The molecule has 0 heterocycles. The zero-order chi connectivity index (χ0) is 10.8. The van der Waals surface area contributed by atoms with E-state index < -0.39 is 0 Å². The number of hydrogen-bond acceptors (Lipinski definition) is 2. The molecule has 0 aromatic heterocycles. The topological polar surface area (TPSA) is 35.2 Å². The monoisotopic (exact) mass is 205 g/mol. The summed E-state index contributed by atoms with van der Waals surface area (Å²) in [5.41, 5.74) is 8.55. The minimum absolute atomic E-state index is 0.327. The van der Waals surface area contributed by atoms with E-state index in [1.54, 1.807) is 7.11 Å². The van der Waals surface area contributed by atoms with Crippen molar-refractivity contribution in [1.29, 1.82) is 0 Å². The maximum absolute atomic E-state index is 5.88. The summed E-state index contributed by atoms with van der Waals surface area (Å²) >= 11 is 0. The Kier molecular flexibility index (Phi) is 3.08. The Labute approximate surface area is 91.4 Å². The second kappa shape index (κ2) is 4.33. The largest absolute Gasteiger partial charge is 0.380 e. The van der Waals surface area contributed by atoms with Crippen molar-refractivity contribution in [3.8, 4) is 0 Å². The fourth-order valence-electron chi connectivity index (χ4n) is 2.21. The highest BCUT2D eigenvalue weighted by molar-refractivity contribution is 5.29. The van der Waals surface area contributed by atoms with Crippen molar-refractivity contribution < 1.29 is 4.74 Å². The van der Waals surface area contributed by atoms with Crippen molar-refractivity contribution >= 4 is 0 Å². The van der Waals surface area contributed by atoms with Gasteiger partial charge in [-0.25, -0.2) is 0 Å². The van der Waals surface area contributed by atoms with Gasteiger partial charge in [0.1, 0.15) is 0 Å². The van der Waals surface area contributed by atoms with Crippen LogP contribution >= 0.6 is 0 Å². The van der Waals surface area contributed by atoms with Crippen LogP contribution in [0.3, 0.4) is 0 Å². The molecule has 0 spiro atoms. The predicted molar refractivity (Wildman–Crippen MR) is 61.7 cm³/mol. The number of hydrogen-bond donors (Lipinski definition) is 1. The second-order valence-corrected chi connectivity index (χ2v) is 4.54. The van der Waals surface area contributed by atoms with Crippen LogP contribution in [0.5, 0.6) is 0 Å². The number of benzene rings is 1. The molecule has 2 nitrogen and oxygen atoms in total. The molecule has 2 N–H and O–H groups in total. The molecular weight excluding hydrogens is 186 g/mol. The zero-order valence-electron chi connectivity index (χ0n) is 9.44. The summed E-state index contributed by atoms with van der Waals surface area (Å²) in [4.78, 5) is 0. The first-order chi connectivity index (χ1) is 7.22. The van der Waals surface area contributed by atoms with E-state index >= 15 is 0 Å². The van der Waals surface area contributed by atoms with Gasteiger partial charge in [0.05, 0.1) is 6.61 Å². The molecule has 2 heteroatoms. The quantitative estimate of drug-likeness (QED) is 0.818. The summed E-state index contributed by atoms with van der Waals surface area (Å²) in [5, 5.41) is 0. The van der Waals surface area contributed by atoms with Gasteiger partial charge in [-0.1, -0.05) is 24.3 Å². The maximum Gasteiger partial charge on any atom is 0.0713 e. The van der Waals surface area contributed by atoms with Gasteiger partial charge in [0.15, 0.2) is 0 Å². The van der Waals surface area contributed by atoms with Crippen LogP contribution in [0.1, 0.15) is 30.4 Å². The second-order valence-electron chi connectivity index (χ2n) is 4.54. The van der Waals surface area contributed by atoms with E-state index in [2.05, 4.69) is 31.2 Å². The molecule has 1 aliphatic rings. The summed E-state index contributed by atoms with van der Waals surface area (Å²) in [5.74, 6) is 1.39. The summed E-state index contributed by atoms with van der Waals surface area (Å²) < 4.78 is 5.08. The number of methoxy groups -OCH3 is 1. The lowest BCUT2D eigenvalue weighted by molar-refractivity contribution is 0.185. The Morgan fingerprint density at radius 2 is 2.07 bits per heavy atom. The predicted octanol–water partition coefficient (Wildman–Crippen LogP) is 2.28. The van der Waals surface area contributed by atoms with Gasteiger partial charge in [0.2, 0.25) is 0 Å². The highest BCUT2D eigenvalue weighted by atomic mass is 16.5. The van der Waals surface area contributed by atoms with Gasteiger partial charge >= 0.3 is 0 Å². The highest BCUT2D eigenvalue weighted by Crippen LogP contribution is 2.48. The van der Waals surface area contributed by atoms with Crippen LogP contribution in [0.15, 0.2) is 24.3 Å². The van der Waals surface area contributed by atoms with Crippen LogP contribution in [-0.2, 0) is 11.3 Å². The molecule has 0 bridgehead atoms. The molecular formula is C13H19NO. The van der Waals surface area contributed by atoms with Crippen molar-refractivity contribution in [2.24, 2.45) is 11.7 Å². The normalized spacial score (nSPS) is 26.3. The fourth-order valence-corrected chi connectivity index (χ4v) is 2.21. The minimum Gasteiger partial charge on any atom is -0.380 e. The molecule has 0 saturated heterocycles. The van der Waals surface area contributed by atoms with Crippen LogP contribution in [0.4, 0.5) is 0 Å². The van der Waals surface area contributed by atoms with E-state index in [-0.39, 0.29) is 0 Å². The van der Waals surface area contributed by atoms with Gasteiger partial charge in [0, 0.05) is 13.2 Å². The average molecular weight is 205 g/mol. The van der Waals surface area contributed by atoms with Crippen molar-refractivity contribution in [2.45, 2.75) is 31.9 Å². The van der Waals surface area contributed by atoms with Crippen LogP contribution in [-0.4, -0.2) is 13.2 Å². The average Bonchev–Trinajstić information content (AvgIpc) is 2.99. The van der Waals surface area contributed by atoms with E-state index in [0.717, 1.165) is 0 Å². The molecule has 3 atom stereocenters. The van der Waals surface area contributed by atoms with Crippen molar-refractivity contribution in [3.63, 3.8) is 0 Å². The Hall–Kier alpha value is -0.860. The molecule has 3 unspecified atom stereocenters.